The molecule has 5 aromatic rings. The van der Waals surface area contributed by atoms with Crippen LogP contribution < -0.4 is 62.5 Å². The summed E-state index contributed by atoms with van der Waals surface area (Å²) in [5.41, 5.74) is 2.02. The number of unbranched alkanes of at least 4 members (excludes halogenated alkanes) is 9. The first-order chi connectivity index (χ1) is 53.7. The monoisotopic (exact) mass is 1620 g/mol. The molecule has 0 radical (unpaired) electrons. The molecule has 2 fully saturated rings. The maximum atomic E-state index is 16.3. The van der Waals surface area contributed by atoms with Gasteiger partial charge in [-0.25, -0.2) is 4.79 Å². The van der Waals surface area contributed by atoms with Crippen molar-refractivity contribution in [3.8, 4) is 57.1 Å². The number of nitrogens with one attached hydrogen (secondary N) is 8. The number of phenols is 3. The van der Waals surface area contributed by atoms with Crippen molar-refractivity contribution in [3.05, 3.63) is 117 Å². The van der Waals surface area contributed by atoms with E-state index in [1.165, 1.54) is 56.6 Å². The summed E-state index contributed by atoms with van der Waals surface area (Å²) in [6.07, 6.45) is -7.93. The van der Waals surface area contributed by atoms with Gasteiger partial charge >= 0.3 is 5.97 Å². The van der Waals surface area contributed by atoms with Crippen molar-refractivity contribution in [2.24, 2.45) is 11.7 Å². The van der Waals surface area contributed by atoms with Crippen molar-refractivity contribution in [2.75, 3.05) is 20.2 Å². The maximum Gasteiger partial charge on any atom is 0.330 e. The number of hydrogen-bond acceptors (Lipinski definition) is 25. The molecule has 2 saturated heterocycles. The summed E-state index contributed by atoms with van der Waals surface area (Å²) < 4.78 is 38.9. The summed E-state index contributed by atoms with van der Waals surface area (Å²) in [7, 11) is 1.48. The summed E-state index contributed by atoms with van der Waals surface area (Å²) in [5, 5.41) is 135. The molecule has 7 aliphatic rings. The van der Waals surface area contributed by atoms with E-state index in [-0.39, 0.29) is 57.0 Å². The standard InChI is InChI=1S/C78H99Cl2N9O24/c1-7-8-9-10-11-12-13-14-15-16-23-83-78(5)33-56(108-36(4)69(78)99)112-67-39-19-22-51(45(80)27-39)110-53-29-40-28-52(68(53)113-77-66(98)65(97)64(96)54(34-90)111-77)109-50-21-18-38(26-44(50)79)63(95)61(88-70(100)46(82-6)24-35(2)3)74(104)84-47(32-55(81)94)71(101)85-59(40)73(103)86-58-37-17-20-48(92)42(25-37)57-43(30-41(91)31-49(57)93)60(76(106)107)87-75(105)62(67)89-72(58)102/h17-22,25-31,35-36,46-47,54,56,58-67,69,77,82-83,90-93,95-99H,7-16,23-24,32-34H2,1-6H3,(H2,81,94)(H,84,104)(H,85,101)(H,86,103)(H,87,105)(H,88,100)(H,89,102)(H,106,107). The van der Waals surface area contributed by atoms with E-state index in [1.807, 2.05) is 13.8 Å². The second kappa shape index (κ2) is 37.8. The lowest BCUT2D eigenvalue weighted by molar-refractivity contribution is -0.277. The molecule has 7 amide bonds. The summed E-state index contributed by atoms with van der Waals surface area (Å²) >= 11 is 14.4. The SMILES string of the molecule is CCCCCCCCCCCCNC1(C)CC(OC2c3ccc(c(Cl)c3)Oc3cc4cc(c3OC3OC(CO)C(O)C(O)C3O)Oc3ccc(cc3Cl)C(O)C(NC(=O)C(CC(C)C)NC)C(=O)NC(CC(N)=O)C(=O)NC4C(=O)NC3C(=O)NC2C(=O)NC(C(=O)O)c2cc(O)cc(O)c2-c2cc3ccc2O)OC(C)C1O. The highest BCUT2D eigenvalue weighted by atomic mass is 35.5. The number of amides is 7. The number of aromatic hydroxyl groups is 3. The first kappa shape index (κ1) is 86.2. The number of aliphatic hydroxyl groups is 6. The molecule has 12 rings (SSSR count). The minimum absolute atomic E-state index is 0.0954. The molecule has 0 aromatic heterocycles. The summed E-state index contributed by atoms with van der Waals surface area (Å²) in [6.45, 7) is 8.62. The number of phenolic OH excluding ortho intramolecular Hbond substituents is 3. The Morgan fingerprint density at radius 2 is 1.27 bits per heavy atom. The molecule has 7 heterocycles. The number of primary amides is 1. The quantitative estimate of drug-likeness (QED) is 0.0353. The molecule has 18 unspecified atom stereocenters. The lowest BCUT2D eigenvalue weighted by Crippen LogP contribution is -2.63. The third kappa shape index (κ3) is 20.3. The number of fused-ring (bicyclic) bond motifs is 15. The van der Waals surface area contributed by atoms with Crippen molar-refractivity contribution in [1.82, 2.24) is 42.5 Å². The van der Waals surface area contributed by atoms with Gasteiger partial charge in [-0.15, -0.1) is 0 Å². The van der Waals surface area contributed by atoms with Gasteiger partial charge in [-0.2, -0.15) is 0 Å². The van der Waals surface area contributed by atoms with E-state index in [0.29, 0.717) is 6.54 Å². The third-order valence-electron chi connectivity index (χ3n) is 20.8. The molecule has 0 spiro atoms. The number of ether oxygens (including phenoxy) is 6. The van der Waals surface area contributed by atoms with Gasteiger partial charge in [0.1, 0.15) is 95.6 Å². The molecule has 11 bridgehead atoms. The predicted octanol–water partition coefficient (Wildman–Crippen LogP) is 4.66. The Balaban J connectivity index is 1.19. The Labute approximate surface area is 660 Å². The summed E-state index contributed by atoms with van der Waals surface area (Å²) in [6, 6.07) is 0.0303. The van der Waals surface area contributed by atoms with Crippen LogP contribution in [0, 0.1) is 5.92 Å². The van der Waals surface area contributed by atoms with Crippen LogP contribution in [0.5, 0.6) is 46.0 Å². The fraction of sp³-hybridized carbons (Fsp3) is 0.513. The number of carbonyl (C=O) groups is 8. The van der Waals surface area contributed by atoms with Crippen LogP contribution >= 0.6 is 23.2 Å². The van der Waals surface area contributed by atoms with Crippen LogP contribution in [0.2, 0.25) is 10.0 Å². The molecule has 0 saturated carbocycles. The molecule has 33 nitrogen and oxygen atoms in total. The number of aliphatic hydroxyl groups excluding tert-OH is 6. The molecular formula is C78H99Cl2N9O24. The molecule has 18 atom stereocenters. The average Bonchev–Trinajstić information content (AvgIpc) is 0.782. The Bertz CT molecular complexity index is 4310. The maximum absolute atomic E-state index is 16.3. The molecule has 0 aliphatic carbocycles. The van der Waals surface area contributed by atoms with E-state index in [9.17, 15) is 70.2 Å². The van der Waals surface area contributed by atoms with Crippen molar-refractivity contribution >= 4 is 70.5 Å². The molecule has 5 aromatic carbocycles. The van der Waals surface area contributed by atoms with Crippen molar-refractivity contribution in [1.29, 1.82) is 0 Å². The number of carboxylic acids is 1. The van der Waals surface area contributed by atoms with Gasteiger partial charge in [0, 0.05) is 34.7 Å². The second-order valence-electron chi connectivity index (χ2n) is 29.7. The van der Waals surface area contributed by atoms with Gasteiger partial charge in [0.05, 0.1) is 41.3 Å². The number of carbonyl (C=O) groups excluding carboxylic acids is 7. The van der Waals surface area contributed by atoms with Crippen LogP contribution in [-0.4, -0.2) is 197 Å². The number of rotatable bonds is 25. The van der Waals surface area contributed by atoms with Gasteiger partial charge in [-0.3, -0.25) is 33.6 Å². The van der Waals surface area contributed by atoms with Crippen LogP contribution in [0.1, 0.15) is 176 Å². The number of halogens is 2. The molecule has 614 valence electrons. The van der Waals surface area contributed by atoms with Crippen LogP contribution in [0.25, 0.3) is 11.1 Å². The van der Waals surface area contributed by atoms with Crippen molar-refractivity contribution < 1.29 is 118 Å². The molecule has 35 heteroatoms. The van der Waals surface area contributed by atoms with Crippen LogP contribution in [0.3, 0.4) is 0 Å². The molecule has 7 aliphatic heterocycles. The van der Waals surface area contributed by atoms with E-state index in [0.717, 1.165) is 93.5 Å². The smallest absolute Gasteiger partial charge is 0.330 e. The molecule has 113 heavy (non-hydrogen) atoms. The number of hydrogen-bond donors (Lipinski definition) is 19. The van der Waals surface area contributed by atoms with Gasteiger partial charge in [0.15, 0.2) is 23.8 Å². The van der Waals surface area contributed by atoms with Gasteiger partial charge in [-0.05, 0) is 123 Å². The number of nitrogens with two attached hydrogens (primary N) is 1. The van der Waals surface area contributed by atoms with E-state index in [4.69, 9.17) is 57.4 Å². The fourth-order valence-electron chi connectivity index (χ4n) is 14.6. The van der Waals surface area contributed by atoms with Crippen molar-refractivity contribution in [3.63, 3.8) is 0 Å². The number of carboxylic acid groups (broad SMARTS) is 1. The largest absolute Gasteiger partial charge is 0.508 e. The minimum Gasteiger partial charge on any atom is -0.508 e. The molecule has 20 N–H and O–H groups in total. The summed E-state index contributed by atoms with van der Waals surface area (Å²) in [5.74, 6) is -15.7. The zero-order valence-corrected chi connectivity index (χ0v) is 64.5. The predicted molar refractivity (Wildman–Crippen MR) is 405 cm³/mol. The van der Waals surface area contributed by atoms with Crippen molar-refractivity contribution in [2.45, 2.75) is 227 Å². The normalized spacial score (nSPS) is 27.6. The Kier molecular flexibility index (Phi) is 28.9. The first-order valence-corrected chi connectivity index (χ1v) is 38.4. The Hall–Kier alpha value is -9.20. The van der Waals surface area contributed by atoms with Gasteiger partial charge < -0.3 is 128 Å². The van der Waals surface area contributed by atoms with Gasteiger partial charge in [-0.1, -0.05) is 120 Å². The van der Waals surface area contributed by atoms with Gasteiger partial charge in [0.25, 0.3) is 0 Å². The van der Waals surface area contributed by atoms with Crippen LogP contribution in [-0.2, 0) is 52.6 Å². The fourth-order valence-corrected chi connectivity index (χ4v) is 15.1. The second-order valence-corrected chi connectivity index (χ2v) is 30.6. The number of aliphatic carboxylic acids is 1. The Morgan fingerprint density at radius 1 is 0.673 bits per heavy atom. The zero-order chi connectivity index (χ0) is 82.0. The first-order valence-electron chi connectivity index (χ1n) is 37.6. The average molecular weight is 1620 g/mol. The van der Waals surface area contributed by atoms with Crippen LogP contribution in [0.4, 0.5) is 0 Å². The van der Waals surface area contributed by atoms with Gasteiger partial charge in [0.2, 0.25) is 53.4 Å². The lowest BCUT2D eigenvalue weighted by Gasteiger charge is -2.47. The Morgan fingerprint density at radius 3 is 1.88 bits per heavy atom. The zero-order valence-electron chi connectivity index (χ0n) is 63.0. The summed E-state index contributed by atoms with van der Waals surface area (Å²) in [4.78, 5) is 120. The molecular weight excluding hydrogens is 1520 g/mol. The highest BCUT2D eigenvalue weighted by Gasteiger charge is 2.50. The van der Waals surface area contributed by atoms with E-state index in [1.54, 1.807) is 13.8 Å². The number of likely N-dealkylation sites (N-methyl/N-ethyl adjacent to an activating group) is 1. The van der Waals surface area contributed by atoms with E-state index < -0.39 is 226 Å². The number of benzene rings is 5. The third-order valence-corrected chi connectivity index (χ3v) is 21.4. The minimum atomic E-state index is -2.34. The topological polar surface area (TPSA) is 516 Å². The van der Waals surface area contributed by atoms with Crippen LogP contribution in [0.15, 0.2) is 78.9 Å². The highest BCUT2D eigenvalue weighted by Crippen LogP contribution is 2.50. The lowest BCUT2D eigenvalue weighted by atomic mass is 9.84. The highest BCUT2D eigenvalue weighted by molar-refractivity contribution is 6.32. The van der Waals surface area contributed by atoms with E-state index >= 15 is 19.2 Å². The van der Waals surface area contributed by atoms with E-state index in [2.05, 4.69) is 49.5 Å².